The molecule has 22 heavy (non-hydrogen) atoms. The van der Waals surface area contributed by atoms with Crippen LogP contribution in [0.25, 0.3) is 0 Å². The highest BCUT2D eigenvalue weighted by molar-refractivity contribution is 5.85. The molecule has 2 nitrogen and oxygen atoms in total. The van der Waals surface area contributed by atoms with Gasteiger partial charge in [0.15, 0.2) is 0 Å². The number of fused-ring (bicyclic) bond motifs is 1. The predicted molar refractivity (Wildman–Crippen MR) is 88.5 cm³/mol. The van der Waals surface area contributed by atoms with Crippen LogP contribution in [-0.2, 0) is 16.1 Å². The minimum absolute atomic E-state index is 0.0673. The number of carbonyl (C=O) groups excluding carboxylic acids is 1. The van der Waals surface area contributed by atoms with Crippen molar-refractivity contribution >= 4 is 5.78 Å². The molecule has 0 heterocycles. The van der Waals surface area contributed by atoms with Gasteiger partial charge in [0.05, 0.1) is 12.7 Å². The van der Waals surface area contributed by atoms with Crippen LogP contribution in [0, 0.1) is 16.7 Å². The topological polar surface area (TPSA) is 26.3 Å². The summed E-state index contributed by atoms with van der Waals surface area (Å²) in [5.41, 5.74) is 1.18. The molecule has 2 aliphatic carbocycles. The Bertz CT molecular complexity index is 534. The molecule has 1 aromatic rings. The summed E-state index contributed by atoms with van der Waals surface area (Å²) in [6.07, 6.45) is 5.22. The fourth-order valence-electron chi connectivity index (χ4n) is 4.87. The third-order valence-corrected chi connectivity index (χ3v) is 6.25. The second-order valence-corrected chi connectivity index (χ2v) is 7.93. The smallest absolute Gasteiger partial charge is 0.139 e. The maximum atomic E-state index is 12.5. The van der Waals surface area contributed by atoms with E-state index < -0.39 is 0 Å². The van der Waals surface area contributed by atoms with Crippen molar-refractivity contribution in [1.82, 2.24) is 0 Å². The lowest BCUT2D eigenvalue weighted by molar-refractivity contribution is -0.163. The molecular formula is C20H28O2. The lowest BCUT2D eigenvalue weighted by Gasteiger charge is -2.55. The quantitative estimate of drug-likeness (QED) is 0.804. The summed E-state index contributed by atoms with van der Waals surface area (Å²) in [5.74, 6) is 0.939. The van der Waals surface area contributed by atoms with Crippen molar-refractivity contribution in [1.29, 1.82) is 0 Å². The Morgan fingerprint density at radius 1 is 1.14 bits per heavy atom. The van der Waals surface area contributed by atoms with Crippen LogP contribution in [0.5, 0.6) is 0 Å². The molecule has 3 rings (SSSR count). The first-order chi connectivity index (χ1) is 10.4. The van der Waals surface area contributed by atoms with Crippen molar-refractivity contribution in [2.24, 2.45) is 16.7 Å². The molecule has 0 radical (unpaired) electrons. The van der Waals surface area contributed by atoms with Gasteiger partial charge >= 0.3 is 0 Å². The van der Waals surface area contributed by atoms with Gasteiger partial charge < -0.3 is 4.74 Å². The zero-order valence-corrected chi connectivity index (χ0v) is 14.1. The Morgan fingerprint density at radius 3 is 2.59 bits per heavy atom. The lowest BCUT2D eigenvalue weighted by Crippen LogP contribution is -2.55. The molecule has 1 unspecified atom stereocenters. The average molecular weight is 300 g/mol. The minimum Gasteiger partial charge on any atom is -0.373 e. The molecule has 0 bridgehead atoms. The highest BCUT2D eigenvalue weighted by atomic mass is 16.5. The van der Waals surface area contributed by atoms with Crippen molar-refractivity contribution in [3.8, 4) is 0 Å². The highest BCUT2D eigenvalue weighted by Gasteiger charge is 2.55. The Hall–Kier alpha value is -1.15. The number of rotatable bonds is 3. The number of carbonyl (C=O) groups is 1. The van der Waals surface area contributed by atoms with E-state index in [4.69, 9.17) is 4.74 Å². The van der Waals surface area contributed by atoms with Crippen molar-refractivity contribution in [2.45, 2.75) is 65.6 Å². The molecule has 120 valence electrons. The van der Waals surface area contributed by atoms with Gasteiger partial charge in [-0.1, -0.05) is 51.1 Å². The van der Waals surface area contributed by atoms with Crippen LogP contribution in [0.4, 0.5) is 0 Å². The van der Waals surface area contributed by atoms with Crippen LogP contribution in [0.2, 0.25) is 0 Å². The van der Waals surface area contributed by atoms with E-state index in [1.54, 1.807) is 0 Å². The van der Waals surface area contributed by atoms with Gasteiger partial charge in [-0.25, -0.2) is 0 Å². The van der Waals surface area contributed by atoms with Crippen molar-refractivity contribution in [3.63, 3.8) is 0 Å². The number of hydrogen-bond acceptors (Lipinski definition) is 2. The largest absolute Gasteiger partial charge is 0.373 e. The summed E-state index contributed by atoms with van der Waals surface area (Å²) in [6, 6.07) is 10.4. The van der Waals surface area contributed by atoms with Crippen LogP contribution in [-0.4, -0.2) is 11.9 Å². The van der Waals surface area contributed by atoms with E-state index in [-0.39, 0.29) is 16.9 Å². The van der Waals surface area contributed by atoms with Gasteiger partial charge in [0.1, 0.15) is 5.78 Å². The van der Waals surface area contributed by atoms with E-state index in [1.165, 1.54) is 12.0 Å². The third kappa shape index (κ3) is 2.62. The summed E-state index contributed by atoms with van der Waals surface area (Å²) < 4.78 is 6.30. The van der Waals surface area contributed by atoms with Crippen molar-refractivity contribution in [3.05, 3.63) is 35.9 Å². The molecule has 0 amide bonds. The van der Waals surface area contributed by atoms with E-state index >= 15 is 0 Å². The Labute approximate surface area is 134 Å². The molecular weight excluding hydrogens is 272 g/mol. The van der Waals surface area contributed by atoms with E-state index in [9.17, 15) is 4.79 Å². The standard InChI is InChI=1S/C20H28O2/c1-19(2)16-10-7-11-17(21)20(16,3)13-12-18(19)22-14-15-8-5-4-6-9-15/h4-6,8-9,16,18H,7,10-14H2,1-3H3/t16?,18-,20-/m0/s1. The first kappa shape index (κ1) is 15.7. The number of ether oxygens (including phenoxy) is 1. The zero-order chi connectivity index (χ0) is 15.8. The van der Waals surface area contributed by atoms with Crippen LogP contribution in [0.3, 0.4) is 0 Å². The van der Waals surface area contributed by atoms with Crippen LogP contribution >= 0.6 is 0 Å². The van der Waals surface area contributed by atoms with Crippen molar-refractivity contribution in [2.75, 3.05) is 0 Å². The van der Waals surface area contributed by atoms with Gasteiger partial charge in [-0.05, 0) is 42.6 Å². The van der Waals surface area contributed by atoms with Gasteiger partial charge in [0, 0.05) is 11.8 Å². The molecule has 0 saturated heterocycles. The van der Waals surface area contributed by atoms with Gasteiger partial charge in [-0.15, -0.1) is 0 Å². The highest BCUT2D eigenvalue weighted by Crippen LogP contribution is 2.56. The zero-order valence-electron chi connectivity index (χ0n) is 14.1. The monoisotopic (exact) mass is 300 g/mol. The van der Waals surface area contributed by atoms with E-state index in [0.717, 1.165) is 25.7 Å². The molecule has 2 heteroatoms. The number of hydrogen-bond donors (Lipinski definition) is 0. The molecule has 3 atom stereocenters. The second kappa shape index (κ2) is 5.81. The first-order valence-electron chi connectivity index (χ1n) is 8.63. The summed E-state index contributed by atoms with van der Waals surface area (Å²) in [7, 11) is 0. The second-order valence-electron chi connectivity index (χ2n) is 7.93. The SMILES string of the molecule is CC1(C)C2CCCC(=O)[C@@]2(C)CC[C@@H]1OCc1ccccc1. The van der Waals surface area contributed by atoms with E-state index in [2.05, 4.69) is 45.0 Å². The summed E-state index contributed by atoms with van der Waals surface area (Å²) in [5, 5.41) is 0. The van der Waals surface area contributed by atoms with E-state index in [1.807, 2.05) is 6.07 Å². The molecule has 0 aromatic heterocycles. The molecule has 1 aromatic carbocycles. The third-order valence-electron chi connectivity index (χ3n) is 6.25. The molecule has 2 fully saturated rings. The number of Topliss-reactive ketones (excluding diaryl/α,β-unsaturated/α-hetero) is 1. The van der Waals surface area contributed by atoms with Gasteiger partial charge in [-0.3, -0.25) is 4.79 Å². The van der Waals surface area contributed by atoms with Gasteiger partial charge in [-0.2, -0.15) is 0 Å². The fraction of sp³-hybridized carbons (Fsp3) is 0.650. The minimum atomic E-state index is -0.117. The molecule has 0 N–H and O–H groups in total. The molecule has 2 aliphatic rings. The molecule has 0 aliphatic heterocycles. The summed E-state index contributed by atoms with van der Waals surface area (Å²) in [6.45, 7) is 7.49. The number of ketones is 1. The summed E-state index contributed by atoms with van der Waals surface area (Å²) >= 11 is 0. The Morgan fingerprint density at radius 2 is 1.86 bits per heavy atom. The molecule has 2 saturated carbocycles. The summed E-state index contributed by atoms with van der Waals surface area (Å²) in [4.78, 5) is 12.5. The average Bonchev–Trinajstić information content (AvgIpc) is 2.50. The Balaban J connectivity index is 1.73. The Kier molecular flexibility index (Phi) is 4.15. The van der Waals surface area contributed by atoms with Crippen LogP contribution < -0.4 is 0 Å². The van der Waals surface area contributed by atoms with E-state index in [0.29, 0.717) is 18.3 Å². The predicted octanol–water partition coefficient (Wildman–Crippen LogP) is 4.77. The maximum absolute atomic E-state index is 12.5. The first-order valence-corrected chi connectivity index (χ1v) is 8.63. The normalized spacial score (nSPS) is 34.2. The van der Waals surface area contributed by atoms with Crippen LogP contribution in [0.1, 0.15) is 58.4 Å². The van der Waals surface area contributed by atoms with Gasteiger partial charge in [0.25, 0.3) is 0 Å². The van der Waals surface area contributed by atoms with Crippen LogP contribution in [0.15, 0.2) is 30.3 Å². The van der Waals surface area contributed by atoms with Crippen molar-refractivity contribution < 1.29 is 9.53 Å². The number of benzene rings is 1. The van der Waals surface area contributed by atoms with Gasteiger partial charge in [0.2, 0.25) is 0 Å². The molecule has 0 spiro atoms. The lowest BCUT2D eigenvalue weighted by atomic mass is 9.50. The maximum Gasteiger partial charge on any atom is 0.139 e. The fourth-order valence-corrected chi connectivity index (χ4v) is 4.87.